The summed E-state index contributed by atoms with van der Waals surface area (Å²) in [5.74, 6) is 0.108. The van der Waals surface area contributed by atoms with E-state index in [0.717, 1.165) is 11.8 Å². The average Bonchev–Trinajstić information content (AvgIpc) is 2.34. The van der Waals surface area contributed by atoms with Gasteiger partial charge in [0, 0.05) is 24.8 Å². The first-order valence-electron chi connectivity index (χ1n) is 6.21. The van der Waals surface area contributed by atoms with Crippen LogP contribution in [0.1, 0.15) is 26.3 Å². The molecule has 1 aromatic rings. The molecule has 102 valence electrons. The molecule has 0 amide bonds. The summed E-state index contributed by atoms with van der Waals surface area (Å²) in [4.78, 5) is 3.96. The SMILES string of the molecule is CCOCCOc1ncc(F)cc1CNC(C)C. The third-order valence-corrected chi connectivity index (χ3v) is 2.26. The molecule has 4 nitrogen and oxygen atoms in total. The number of aromatic nitrogens is 1. The van der Waals surface area contributed by atoms with Crippen molar-refractivity contribution in [2.24, 2.45) is 0 Å². The molecule has 0 atom stereocenters. The Bertz CT molecular complexity index is 359. The zero-order valence-electron chi connectivity index (χ0n) is 11.2. The second-order valence-corrected chi connectivity index (χ2v) is 4.20. The monoisotopic (exact) mass is 256 g/mol. The van der Waals surface area contributed by atoms with Crippen molar-refractivity contribution in [2.45, 2.75) is 33.4 Å². The fraction of sp³-hybridized carbons (Fsp3) is 0.615. The van der Waals surface area contributed by atoms with Gasteiger partial charge in [0.05, 0.1) is 12.8 Å². The fourth-order valence-corrected chi connectivity index (χ4v) is 1.38. The van der Waals surface area contributed by atoms with Crippen molar-refractivity contribution >= 4 is 0 Å². The van der Waals surface area contributed by atoms with E-state index in [1.54, 1.807) is 0 Å². The van der Waals surface area contributed by atoms with Crippen molar-refractivity contribution in [3.63, 3.8) is 0 Å². The van der Waals surface area contributed by atoms with Crippen molar-refractivity contribution in [3.8, 4) is 5.88 Å². The second-order valence-electron chi connectivity index (χ2n) is 4.20. The molecule has 0 aliphatic rings. The number of pyridine rings is 1. The molecule has 0 radical (unpaired) electrons. The molecule has 1 rings (SSSR count). The average molecular weight is 256 g/mol. The van der Waals surface area contributed by atoms with E-state index < -0.39 is 0 Å². The number of ether oxygens (including phenoxy) is 2. The molecular formula is C13H21FN2O2. The molecule has 0 unspecified atom stereocenters. The highest BCUT2D eigenvalue weighted by Gasteiger charge is 2.07. The Morgan fingerprint density at radius 3 is 2.83 bits per heavy atom. The van der Waals surface area contributed by atoms with Gasteiger partial charge in [-0.05, 0) is 13.0 Å². The van der Waals surface area contributed by atoms with Crippen molar-refractivity contribution in [1.82, 2.24) is 10.3 Å². The third kappa shape index (κ3) is 5.42. The zero-order valence-corrected chi connectivity index (χ0v) is 11.2. The second kappa shape index (κ2) is 8.00. The van der Waals surface area contributed by atoms with Crippen LogP contribution in [0.4, 0.5) is 4.39 Å². The molecule has 0 saturated carbocycles. The number of halogens is 1. The number of hydrogen-bond acceptors (Lipinski definition) is 4. The molecule has 18 heavy (non-hydrogen) atoms. The van der Waals surface area contributed by atoms with Crippen LogP contribution in [0.3, 0.4) is 0 Å². The van der Waals surface area contributed by atoms with Crippen LogP contribution in [0.25, 0.3) is 0 Å². The number of nitrogens with one attached hydrogen (secondary N) is 1. The van der Waals surface area contributed by atoms with Crippen LogP contribution in [0, 0.1) is 5.82 Å². The Kier molecular flexibility index (Phi) is 6.60. The van der Waals surface area contributed by atoms with Gasteiger partial charge >= 0.3 is 0 Å². The summed E-state index contributed by atoms with van der Waals surface area (Å²) in [5.41, 5.74) is 0.722. The summed E-state index contributed by atoms with van der Waals surface area (Å²) in [6.45, 7) is 8.10. The molecule has 0 aliphatic heterocycles. The van der Waals surface area contributed by atoms with E-state index in [1.807, 2.05) is 20.8 Å². The molecule has 0 bridgehead atoms. The van der Waals surface area contributed by atoms with Gasteiger partial charge in [-0.2, -0.15) is 0 Å². The predicted octanol–water partition coefficient (Wildman–Crippen LogP) is 2.13. The first-order valence-corrected chi connectivity index (χ1v) is 6.21. The number of rotatable bonds is 8. The smallest absolute Gasteiger partial charge is 0.218 e. The highest BCUT2D eigenvalue weighted by molar-refractivity contribution is 5.26. The van der Waals surface area contributed by atoms with Crippen LogP contribution < -0.4 is 10.1 Å². The largest absolute Gasteiger partial charge is 0.475 e. The molecule has 0 spiro atoms. The lowest BCUT2D eigenvalue weighted by molar-refractivity contribution is 0.108. The van der Waals surface area contributed by atoms with E-state index in [1.165, 1.54) is 6.07 Å². The van der Waals surface area contributed by atoms with Gasteiger partial charge in [0.2, 0.25) is 5.88 Å². The minimum absolute atomic E-state index is 0.324. The van der Waals surface area contributed by atoms with Gasteiger partial charge in [0.15, 0.2) is 0 Å². The summed E-state index contributed by atoms with van der Waals surface area (Å²) in [6, 6.07) is 1.77. The van der Waals surface area contributed by atoms with E-state index in [2.05, 4.69) is 10.3 Å². The lowest BCUT2D eigenvalue weighted by atomic mass is 10.2. The highest BCUT2D eigenvalue weighted by Crippen LogP contribution is 2.16. The molecule has 1 aromatic heterocycles. The lowest BCUT2D eigenvalue weighted by Crippen LogP contribution is -2.22. The summed E-state index contributed by atoms with van der Waals surface area (Å²) >= 11 is 0. The Morgan fingerprint density at radius 1 is 1.39 bits per heavy atom. The normalized spacial score (nSPS) is 10.9. The van der Waals surface area contributed by atoms with Gasteiger partial charge in [-0.3, -0.25) is 0 Å². The molecule has 1 heterocycles. The fourth-order valence-electron chi connectivity index (χ4n) is 1.38. The van der Waals surface area contributed by atoms with Crippen LogP contribution >= 0.6 is 0 Å². The van der Waals surface area contributed by atoms with Crippen LogP contribution in [0.5, 0.6) is 5.88 Å². The van der Waals surface area contributed by atoms with Gasteiger partial charge in [0.25, 0.3) is 0 Å². The van der Waals surface area contributed by atoms with Crippen molar-refractivity contribution < 1.29 is 13.9 Å². The molecule has 5 heteroatoms. The standard InChI is InChI=1S/C13H21FN2O2/c1-4-17-5-6-18-13-11(8-15-10(2)3)7-12(14)9-16-13/h7,9-10,15H,4-6,8H2,1-3H3. The predicted molar refractivity (Wildman–Crippen MR) is 68.2 cm³/mol. The summed E-state index contributed by atoms with van der Waals surface area (Å²) in [5, 5.41) is 3.21. The molecule has 0 saturated heterocycles. The minimum Gasteiger partial charge on any atom is -0.475 e. The maximum absolute atomic E-state index is 13.1. The van der Waals surface area contributed by atoms with Gasteiger partial charge in [0.1, 0.15) is 12.4 Å². The highest BCUT2D eigenvalue weighted by atomic mass is 19.1. The summed E-state index contributed by atoms with van der Waals surface area (Å²) in [7, 11) is 0. The first kappa shape index (κ1) is 14.9. The minimum atomic E-state index is -0.354. The Hall–Kier alpha value is -1.20. The summed E-state index contributed by atoms with van der Waals surface area (Å²) < 4.78 is 23.8. The molecular weight excluding hydrogens is 235 g/mol. The Labute approximate surface area is 108 Å². The van der Waals surface area contributed by atoms with Crippen molar-refractivity contribution in [1.29, 1.82) is 0 Å². The van der Waals surface area contributed by atoms with Crippen molar-refractivity contribution in [3.05, 3.63) is 23.6 Å². The van der Waals surface area contributed by atoms with E-state index >= 15 is 0 Å². The van der Waals surface area contributed by atoms with E-state index in [-0.39, 0.29) is 5.82 Å². The maximum Gasteiger partial charge on any atom is 0.218 e. The number of nitrogens with zero attached hydrogens (tertiary/aromatic N) is 1. The van der Waals surface area contributed by atoms with Crippen LogP contribution in [0.2, 0.25) is 0 Å². The van der Waals surface area contributed by atoms with Crippen LogP contribution in [0.15, 0.2) is 12.3 Å². The molecule has 0 aromatic carbocycles. The topological polar surface area (TPSA) is 43.4 Å². The molecule has 0 aliphatic carbocycles. The van der Waals surface area contributed by atoms with Gasteiger partial charge in [-0.25, -0.2) is 9.37 Å². The van der Waals surface area contributed by atoms with Crippen molar-refractivity contribution in [2.75, 3.05) is 19.8 Å². The van der Waals surface area contributed by atoms with Gasteiger partial charge < -0.3 is 14.8 Å². The summed E-state index contributed by atoms with van der Waals surface area (Å²) in [6.07, 6.45) is 1.16. The Morgan fingerprint density at radius 2 is 2.17 bits per heavy atom. The third-order valence-electron chi connectivity index (χ3n) is 2.26. The van der Waals surface area contributed by atoms with E-state index in [0.29, 0.717) is 38.3 Å². The number of hydrogen-bond donors (Lipinski definition) is 1. The lowest BCUT2D eigenvalue weighted by Gasteiger charge is -2.12. The zero-order chi connectivity index (χ0) is 13.4. The van der Waals surface area contributed by atoms with E-state index in [9.17, 15) is 4.39 Å². The van der Waals surface area contributed by atoms with Crippen LogP contribution in [-0.4, -0.2) is 30.8 Å². The first-order chi connectivity index (χ1) is 8.63. The Balaban J connectivity index is 2.58. The molecule has 0 fully saturated rings. The maximum atomic E-state index is 13.1. The molecule has 1 N–H and O–H groups in total. The van der Waals surface area contributed by atoms with Gasteiger partial charge in [-0.1, -0.05) is 13.8 Å². The quantitative estimate of drug-likeness (QED) is 0.724. The van der Waals surface area contributed by atoms with E-state index in [4.69, 9.17) is 9.47 Å². The van der Waals surface area contributed by atoms with Crippen LogP contribution in [-0.2, 0) is 11.3 Å². The van der Waals surface area contributed by atoms with Gasteiger partial charge in [-0.15, -0.1) is 0 Å².